The molecule has 0 radical (unpaired) electrons. The second kappa shape index (κ2) is 8.82. The predicted molar refractivity (Wildman–Crippen MR) is 65.4 cm³/mol. The van der Waals surface area contributed by atoms with E-state index in [1.807, 2.05) is 13.8 Å². The van der Waals surface area contributed by atoms with Gasteiger partial charge in [0.2, 0.25) is 10.0 Å². The summed E-state index contributed by atoms with van der Waals surface area (Å²) < 4.78 is 35.2. The van der Waals surface area contributed by atoms with Crippen LogP contribution in [0.4, 0.5) is 0 Å². The van der Waals surface area contributed by atoms with Crippen LogP contribution in [-0.4, -0.2) is 58.4 Å². The molecule has 6 nitrogen and oxygen atoms in total. The molecule has 0 spiro atoms. The highest BCUT2D eigenvalue weighted by Gasteiger charge is 2.11. The second-order valence-electron chi connectivity index (χ2n) is 4.03. The van der Waals surface area contributed by atoms with Gasteiger partial charge in [-0.3, -0.25) is 0 Å². The summed E-state index contributed by atoms with van der Waals surface area (Å²) in [6, 6.07) is 0. The first-order valence-corrected chi connectivity index (χ1v) is 7.28. The monoisotopic (exact) mass is 269 g/mol. The van der Waals surface area contributed by atoms with Crippen LogP contribution in [0.2, 0.25) is 0 Å². The van der Waals surface area contributed by atoms with E-state index in [1.54, 1.807) is 0 Å². The minimum absolute atomic E-state index is 0.0220. The molecule has 7 heteroatoms. The number of aliphatic hydroxyl groups is 1. The molecule has 17 heavy (non-hydrogen) atoms. The Morgan fingerprint density at radius 3 is 2.53 bits per heavy atom. The Balaban J connectivity index is 3.71. The molecular formula is C10H23NO5S. The van der Waals surface area contributed by atoms with Gasteiger partial charge in [-0.25, -0.2) is 13.1 Å². The fraction of sp³-hybridized carbons (Fsp3) is 1.00. The number of hydrogen-bond acceptors (Lipinski definition) is 5. The van der Waals surface area contributed by atoms with Crippen LogP contribution in [0.25, 0.3) is 0 Å². The molecule has 104 valence electrons. The summed E-state index contributed by atoms with van der Waals surface area (Å²) in [7, 11) is -1.83. The molecule has 0 rings (SSSR count). The molecule has 1 atom stereocenters. The summed E-state index contributed by atoms with van der Waals surface area (Å²) in [5.74, 6) is -0.0639. The first kappa shape index (κ1) is 16.8. The Hall–Kier alpha value is -0.210. The van der Waals surface area contributed by atoms with Crippen LogP contribution < -0.4 is 4.72 Å². The lowest BCUT2D eigenvalue weighted by atomic mass is 10.3. The molecule has 0 heterocycles. The smallest absolute Gasteiger partial charge is 0.213 e. The fourth-order valence-electron chi connectivity index (χ4n) is 1.12. The van der Waals surface area contributed by atoms with E-state index in [9.17, 15) is 13.5 Å². The Kier molecular flexibility index (Phi) is 8.71. The van der Waals surface area contributed by atoms with Gasteiger partial charge in [0.15, 0.2) is 0 Å². The van der Waals surface area contributed by atoms with E-state index < -0.39 is 16.1 Å². The average Bonchev–Trinajstić information content (AvgIpc) is 2.16. The van der Waals surface area contributed by atoms with Crippen LogP contribution in [0, 0.1) is 0 Å². The van der Waals surface area contributed by atoms with Gasteiger partial charge in [-0.15, -0.1) is 0 Å². The zero-order valence-corrected chi connectivity index (χ0v) is 11.5. The van der Waals surface area contributed by atoms with Gasteiger partial charge in [0, 0.05) is 13.7 Å². The number of aliphatic hydroxyl groups excluding tert-OH is 1. The van der Waals surface area contributed by atoms with Crippen molar-refractivity contribution >= 4 is 10.0 Å². The summed E-state index contributed by atoms with van der Waals surface area (Å²) in [6.45, 7) is 4.28. The molecule has 0 amide bonds. The molecule has 1 unspecified atom stereocenters. The third-order valence-electron chi connectivity index (χ3n) is 1.96. The zero-order valence-electron chi connectivity index (χ0n) is 10.7. The lowest BCUT2D eigenvalue weighted by Crippen LogP contribution is -2.32. The maximum Gasteiger partial charge on any atom is 0.213 e. The van der Waals surface area contributed by atoms with Crippen molar-refractivity contribution in [1.82, 2.24) is 4.72 Å². The number of hydrogen-bond donors (Lipinski definition) is 2. The molecule has 0 fully saturated rings. The van der Waals surface area contributed by atoms with E-state index in [1.165, 1.54) is 7.11 Å². The van der Waals surface area contributed by atoms with E-state index in [4.69, 9.17) is 9.47 Å². The van der Waals surface area contributed by atoms with Gasteiger partial charge in [0.05, 0.1) is 31.2 Å². The average molecular weight is 269 g/mol. The number of rotatable bonds is 10. The molecule has 0 aliphatic heterocycles. The van der Waals surface area contributed by atoms with Crippen molar-refractivity contribution in [2.45, 2.75) is 32.5 Å². The Bertz CT molecular complexity index is 278. The summed E-state index contributed by atoms with van der Waals surface area (Å²) in [6.07, 6.45) is -0.290. The van der Waals surface area contributed by atoms with Crippen molar-refractivity contribution in [3.63, 3.8) is 0 Å². The molecule has 2 N–H and O–H groups in total. The highest BCUT2D eigenvalue weighted by atomic mass is 32.2. The predicted octanol–water partition coefficient (Wildman–Crippen LogP) is -0.272. The highest BCUT2D eigenvalue weighted by Crippen LogP contribution is 1.94. The van der Waals surface area contributed by atoms with Crippen LogP contribution >= 0.6 is 0 Å². The molecule has 0 bridgehead atoms. The second-order valence-corrected chi connectivity index (χ2v) is 5.96. The van der Waals surface area contributed by atoms with Gasteiger partial charge >= 0.3 is 0 Å². The minimum atomic E-state index is -3.31. The number of ether oxygens (including phenoxy) is 2. The van der Waals surface area contributed by atoms with Gasteiger partial charge in [-0.05, 0) is 20.3 Å². The van der Waals surface area contributed by atoms with E-state index in [2.05, 4.69) is 4.72 Å². The molecule has 0 saturated carbocycles. The van der Waals surface area contributed by atoms with Crippen molar-refractivity contribution in [3.8, 4) is 0 Å². The van der Waals surface area contributed by atoms with E-state index in [-0.39, 0.29) is 31.6 Å². The van der Waals surface area contributed by atoms with E-state index in [0.29, 0.717) is 6.42 Å². The molecular weight excluding hydrogens is 246 g/mol. The van der Waals surface area contributed by atoms with E-state index >= 15 is 0 Å². The minimum Gasteiger partial charge on any atom is -0.391 e. The SMILES string of the molecule is COCC(O)CCNS(=O)(=O)CCOC(C)C. The summed E-state index contributed by atoms with van der Waals surface area (Å²) in [5.41, 5.74) is 0. The van der Waals surface area contributed by atoms with Crippen LogP contribution in [0.5, 0.6) is 0 Å². The van der Waals surface area contributed by atoms with Crippen LogP contribution in [0.3, 0.4) is 0 Å². The topological polar surface area (TPSA) is 84.9 Å². The van der Waals surface area contributed by atoms with Crippen molar-refractivity contribution in [3.05, 3.63) is 0 Å². The normalized spacial score (nSPS) is 14.2. The van der Waals surface area contributed by atoms with Crippen molar-refractivity contribution in [2.24, 2.45) is 0 Å². The van der Waals surface area contributed by atoms with Crippen LogP contribution in [0.1, 0.15) is 20.3 Å². The third kappa shape index (κ3) is 10.7. The molecule has 0 saturated heterocycles. The van der Waals surface area contributed by atoms with Crippen molar-refractivity contribution < 1.29 is 23.0 Å². The van der Waals surface area contributed by atoms with Crippen molar-refractivity contribution in [1.29, 1.82) is 0 Å². The standard InChI is InChI=1S/C10H23NO5S/c1-9(2)16-6-7-17(13,14)11-5-4-10(12)8-15-3/h9-12H,4-8H2,1-3H3. The van der Waals surface area contributed by atoms with Gasteiger partial charge in [0.25, 0.3) is 0 Å². The lowest BCUT2D eigenvalue weighted by Gasteiger charge is -2.11. The Morgan fingerprint density at radius 2 is 2.00 bits per heavy atom. The molecule has 0 aromatic heterocycles. The molecule has 0 aliphatic rings. The van der Waals surface area contributed by atoms with Crippen LogP contribution in [0.15, 0.2) is 0 Å². The van der Waals surface area contributed by atoms with Crippen LogP contribution in [-0.2, 0) is 19.5 Å². The highest BCUT2D eigenvalue weighted by molar-refractivity contribution is 7.89. The first-order valence-electron chi connectivity index (χ1n) is 5.63. The summed E-state index contributed by atoms with van der Waals surface area (Å²) >= 11 is 0. The molecule has 0 aromatic rings. The largest absolute Gasteiger partial charge is 0.391 e. The van der Waals surface area contributed by atoms with Gasteiger partial charge in [-0.1, -0.05) is 0 Å². The van der Waals surface area contributed by atoms with Gasteiger partial charge < -0.3 is 14.6 Å². The molecule has 0 aliphatic carbocycles. The van der Waals surface area contributed by atoms with E-state index in [0.717, 1.165) is 0 Å². The Labute approximate surface area is 103 Å². The Morgan fingerprint density at radius 1 is 1.35 bits per heavy atom. The first-order chi connectivity index (χ1) is 7.87. The lowest BCUT2D eigenvalue weighted by molar-refractivity contribution is 0.0603. The number of sulfonamides is 1. The number of nitrogens with one attached hydrogen (secondary N) is 1. The summed E-state index contributed by atoms with van der Waals surface area (Å²) in [4.78, 5) is 0. The summed E-state index contributed by atoms with van der Waals surface area (Å²) in [5, 5.41) is 9.31. The van der Waals surface area contributed by atoms with Crippen molar-refractivity contribution in [2.75, 3.05) is 32.6 Å². The maximum atomic E-state index is 11.4. The van der Waals surface area contributed by atoms with Gasteiger partial charge in [0.1, 0.15) is 0 Å². The third-order valence-corrected chi connectivity index (χ3v) is 3.31. The molecule has 0 aromatic carbocycles. The fourth-order valence-corrected chi connectivity index (χ4v) is 2.01. The zero-order chi connectivity index (χ0) is 13.3. The maximum absolute atomic E-state index is 11.4. The quantitative estimate of drug-likeness (QED) is 0.570. The number of methoxy groups -OCH3 is 1. The van der Waals surface area contributed by atoms with Gasteiger partial charge in [-0.2, -0.15) is 0 Å².